The molecule has 0 amide bonds. The van der Waals surface area contributed by atoms with Crippen LogP contribution in [0.1, 0.15) is 55.4 Å². The lowest BCUT2D eigenvalue weighted by Crippen LogP contribution is -2.41. The second kappa shape index (κ2) is 8.98. The van der Waals surface area contributed by atoms with Gasteiger partial charge in [0.05, 0.1) is 34.1 Å². The zero-order valence-corrected chi connectivity index (χ0v) is 24.7. The minimum atomic E-state index is -0.382. The molecule has 2 fully saturated rings. The van der Waals surface area contributed by atoms with E-state index in [0.717, 1.165) is 44.2 Å². The van der Waals surface area contributed by atoms with E-state index in [4.69, 9.17) is 18.6 Å². The molecule has 2 aliphatic rings. The lowest BCUT2D eigenvalue weighted by Gasteiger charge is -2.32. The van der Waals surface area contributed by atoms with Crippen LogP contribution < -0.4 is 10.9 Å². The molecule has 0 unspecified atom stereocenters. The van der Waals surface area contributed by atoms with Gasteiger partial charge >= 0.3 is 14.2 Å². The van der Waals surface area contributed by atoms with Crippen LogP contribution in [0.4, 0.5) is 0 Å². The molecule has 2 saturated heterocycles. The molecule has 39 heavy (non-hydrogen) atoms. The fourth-order valence-electron chi connectivity index (χ4n) is 4.93. The molecule has 0 saturated carbocycles. The van der Waals surface area contributed by atoms with Crippen molar-refractivity contribution in [1.29, 1.82) is 0 Å². The Balaban J connectivity index is 1.26. The second-order valence-electron chi connectivity index (χ2n) is 12.5. The largest absolute Gasteiger partial charge is 0.494 e. The topological polar surface area (TPSA) is 62.7 Å². The van der Waals surface area contributed by atoms with Crippen molar-refractivity contribution in [3.05, 3.63) is 60.7 Å². The predicted octanol–water partition coefficient (Wildman–Crippen LogP) is 5.62. The number of benzene rings is 3. The summed E-state index contributed by atoms with van der Waals surface area (Å²) in [4.78, 5) is 0. The van der Waals surface area contributed by atoms with Crippen LogP contribution in [0.2, 0.25) is 0 Å². The summed E-state index contributed by atoms with van der Waals surface area (Å²) in [5.74, 6) is 0. The number of nitrogens with zero attached hydrogens (tertiary/aromatic N) is 2. The molecule has 6 rings (SSSR count). The van der Waals surface area contributed by atoms with E-state index in [-0.39, 0.29) is 36.6 Å². The zero-order valence-electron chi connectivity index (χ0n) is 23.9. The second-order valence-corrected chi connectivity index (χ2v) is 13.1. The van der Waals surface area contributed by atoms with Gasteiger partial charge in [0.2, 0.25) is 0 Å². The van der Waals surface area contributed by atoms with Crippen LogP contribution in [0.3, 0.4) is 0 Å². The Labute approximate surface area is 235 Å². The first-order valence-electron chi connectivity index (χ1n) is 13.5. The van der Waals surface area contributed by atoms with Crippen molar-refractivity contribution in [3.63, 3.8) is 0 Å². The van der Waals surface area contributed by atoms with Gasteiger partial charge in [-0.1, -0.05) is 60.7 Å². The molecule has 200 valence electrons. The monoisotopic (exact) mass is 540 g/mol. The highest BCUT2D eigenvalue weighted by molar-refractivity contribution is 7.00. The Kier molecular flexibility index (Phi) is 6.14. The van der Waals surface area contributed by atoms with Crippen molar-refractivity contribution < 1.29 is 18.6 Å². The molecule has 0 bridgehead atoms. The summed E-state index contributed by atoms with van der Waals surface area (Å²) in [5, 5.41) is 0. The smallest absolute Gasteiger partial charge is 0.399 e. The Morgan fingerprint density at radius 2 is 0.795 bits per heavy atom. The summed E-state index contributed by atoms with van der Waals surface area (Å²) in [6.45, 7) is 16.6. The van der Waals surface area contributed by atoms with Gasteiger partial charge in [0.15, 0.2) is 0 Å². The molecule has 0 radical (unpaired) electrons. The first kappa shape index (κ1) is 26.7. The van der Waals surface area contributed by atoms with Crippen molar-refractivity contribution in [2.24, 2.45) is 0 Å². The standard InChI is InChI=1S/C30H34B2N2O4S/c1-27(2)28(3,4)36-31(35-27)21-13-9-19(10-14-21)23-17-18-24(26-25(23)33-39-34-26)20-11-15-22(16-12-20)32-37-29(5,6)30(7,8)38-32/h9-18H,1-8H3. The summed E-state index contributed by atoms with van der Waals surface area (Å²) in [6, 6.07) is 21.0. The number of hydrogen-bond donors (Lipinski definition) is 0. The summed E-state index contributed by atoms with van der Waals surface area (Å²) >= 11 is 1.24. The average molecular weight is 540 g/mol. The van der Waals surface area contributed by atoms with E-state index in [2.05, 4.69) is 125 Å². The van der Waals surface area contributed by atoms with Crippen LogP contribution >= 0.6 is 11.7 Å². The molecule has 9 heteroatoms. The van der Waals surface area contributed by atoms with Crippen molar-refractivity contribution in [2.75, 3.05) is 0 Å². The number of hydrogen-bond acceptors (Lipinski definition) is 7. The Morgan fingerprint density at radius 1 is 0.487 bits per heavy atom. The maximum absolute atomic E-state index is 6.22. The number of aromatic nitrogens is 2. The molecule has 0 spiro atoms. The van der Waals surface area contributed by atoms with E-state index in [1.165, 1.54) is 11.7 Å². The van der Waals surface area contributed by atoms with Gasteiger partial charge in [0.25, 0.3) is 0 Å². The highest BCUT2D eigenvalue weighted by Gasteiger charge is 2.52. The van der Waals surface area contributed by atoms with Crippen LogP contribution in [-0.4, -0.2) is 45.4 Å². The first-order valence-corrected chi connectivity index (χ1v) is 14.2. The van der Waals surface area contributed by atoms with E-state index in [9.17, 15) is 0 Å². The SMILES string of the molecule is CC1(C)OB(c2ccc(-c3ccc(-c4ccc(B5OC(C)(C)C(C)(C)O5)cc4)c4nsnc34)cc2)OC1(C)C. The summed E-state index contributed by atoms with van der Waals surface area (Å²) in [7, 11) is -0.764. The molecule has 2 aliphatic heterocycles. The van der Waals surface area contributed by atoms with Gasteiger partial charge in [-0.05, 0) is 77.4 Å². The normalized spacial score (nSPS) is 21.1. The molecular weight excluding hydrogens is 506 g/mol. The van der Waals surface area contributed by atoms with Crippen LogP contribution in [0, 0.1) is 0 Å². The van der Waals surface area contributed by atoms with E-state index in [0.29, 0.717) is 0 Å². The van der Waals surface area contributed by atoms with Crippen molar-refractivity contribution in [3.8, 4) is 22.3 Å². The molecule has 6 nitrogen and oxygen atoms in total. The molecular formula is C30H34B2N2O4S. The zero-order chi connectivity index (χ0) is 27.8. The lowest BCUT2D eigenvalue weighted by atomic mass is 9.78. The fourth-order valence-corrected chi connectivity index (χ4v) is 5.50. The first-order chi connectivity index (χ1) is 18.3. The average Bonchev–Trinajstić information content (AvgIpc) is 3.51. The third-order valence-corrected chi connectivity index (χ3v) is 9.44. The van der Waals surface area contributed by atoms with Crippen LogP contribution in [0.25, 0.3) is 33.3 Å². The van der Waals surface area contributed by atoms with Gasteiger partial charge < -0.3 is 18.6 Å². The molecule has 0 atom stereocenters. The van der Waals surface area contributed by atoms with E-state index in [1.807, 2.05) is 0 Å². The fraction of sp³-hybridized carbons (Fsp3) is 0.400. The van der Waals surface area contributed by atoms with Crippen LogP contribution in [0.5, 0.6) is 0 Å². The summed E-state index contributed by atoms with van der Waals surface area (Å²) < 4.78 is 34.2. The van der Waals surface area contributed by atoms with Crippen LogP contribution in [0.15, 0.2) is 60.7 Å². The van der Waals surface area contributed by atoms with Crippen molar-refractivity contribution >= 4 is 47.9 Å². The quantitative estimate of drug-likeness (QED) is 0.313. The third kappa shape index (κ3) is 4.45. The van der Waals surface area contributed by atoms with E-state index < -0.39 is 0 Å². The molecule has 3 aromatic carbocycles. The molecule has 0 N–H and O–H groups in total. The molecule has 1 aromatic heterocycles. The minimum Gasteiger partial charge on any atom is -0.399 e. The van der Waals surface area contributed by atoms with Crippen LogP contribution in [-0.2, 0) is 18.6 Å². The highest BCUT2D eigenvalue weighted by atomic mass is 32.1. The van der Waals surface area contributed by atoms with Gasteiger partial charge in [-0.3, -0.25) is 0 Å². The number of rotatable bonds is 4. The Morgan fingerprint density at radius 3 is 1.10 bits per heavy atom. The maximum atomic E-state index is 6.22. The molecule has 3 heterocycles. The molecule has 0 aliphatic carbocycles. The molecule has 4 aromatic rings. The van der Waals surface area contributed by atoms with Crippen molar-refractivity contribution in [1.82, 2.24) is 8.75 Å². The predicted molar refractivity (Wildman–Crippen MR) is 160 cm³/mol. The van der Waals surface area contributed by atoms with Gasteiger partial charge in [0.1, 0.15) is 11.0 Å². The summed E-state index contributed by atoms with van der Waals surface area (Å²) in [5.41, 5.74) is 6.60. The van der Waals surface area contributed by atoms with Gasteiger partial charge in [-0.15, -0.1) is 0 Å². The Hall–Kier alpha value is -2.55. The van der Waals surface area contributed by atoms with E-state index >= 15 is 0 Å². The van der Waals surface area contributed by atoms with Gasteiger partial charge in [-0.25, -0.2) is 0 Å². The lowest BCUT2D eigenvalue weighted by molar-refractivity contribution is 0.00578. The van der Waals surface area contributed by atoms with Gasteiger partial charge in [-0.2, -0.15) is 8.75 Å². The maximum Gasteiger partial charge on any atom is 0.494 e. The minimum absolute atomic E-state index is 0.368. The third-order valence-electron chi connectivity index (χ3n) is 8.91. The van der Waals surface area contributed by atoms with Gasteiger partial charge in [0, 0.05) is 11.1 Å². The van der Waals surface area contributed by atoms with Crippen molar-refractivity contribution in [2.45, 2.75) is 77.8 Å². The summed E-state index contributed by atoms with van der Waals surface area (Å²) in [6.07, 6.45) is 0. The highest BCUT2D eigenvalue weighted by Crippen LogP contribution is 2.39. The van der Waals surface area contributed by atoms with E-state index in [1.54, 1.807) is 0 Å². The number of fused-ring (bicyclic) bond motifs is 1. The Bertz CT molecular complexity index is 1390.